The normalized spacial score (nSPS) is 15.5. The molecule has 2 unspecified atom stereocenters. The predicted molar refractivity (Wildman–Crippen MR) is 39.7 cm³/mol. The first-order valence-corrected chi connectivity index (χ1v) is 3.48. The van der Waals surface area contributed by atoms with E-state index in [4.69, 9.17) is 9.84 Å². The van der Waals surface area contributed by atoms with Gasteiger partial charge in [-0.3, -0.25) is 0 Å². The van der Waals surface area contributed by atoms with Crippen molar-refractivity contribution in [3.63, 3.8) is 0 Å². The number of hydrogen-bond acceptors (Lipinski definition) is 3. The molecule has 0 aliphatic heterocycles. The summed E-state index contributed by atoms with van der Waals surface area (Å²) in [6.45, 7) is 3.56. The van der Waals surface area contributed by atoms with Gasteiger partial charge in [0.15, 0.2) is 0 Å². The van der Waals surface area contributed by atoms with Gasteiger partial charge < -0.3 is 14.6 Å². The number of carboxylic acid groups (broad SMARTS) is 1. The van der Waals surface area contributed by atoms with Crippen LogP contribution in [0.15, 0.2) is 0 Å². The quantitative estimate of drug-likeness (QED) is 0.636. The highest BCUT2D eigenvalue weighted by molar-refractivity contribution is 5.56. The van der Waals surface area contributed by atoms with E-state index in [1.807, 2.05) is 6.92 Å². The lowest BCUT2D eigenvalue weighted by atomic mass is 10.2. The van der Waals surface area contributed by atoms with Gasteiger partial charge in [-0.1, -0.05) is 0 Å². The molecule has 0 aromatic heterocycles. The van der Waals surface area contributed by atoms with E-state index < -0.39 is 6.16 Å². The minimum absolute atomic E-state index is 0.0318. The van der Waals surface area contributed by atoms with E-state index in [0.29, 0.717) is 6.42 Å². The van der Waals surface area contributed by atoms with Gasteiger partial charge in [0, 0.05) is 13.5 Å². The van der Waals surface area contributed by atoms with Gasteiger partial charge in [0.05, 0.1) is 6.10 Å². The third-order valence-electron chi connectivity index (χ3n) is 1.37. The summed E-state index contributed by atoms with van der Waals surface area (Å²) < 4.78 is 9.39. The van der Waals surface area contributed by atoms with E-state index in [-0.39, 0.29) is 12.2 Å². The van der Waals surface area contributed by atoms with Gasteiger partial charge in [-0.25, -0.2) is 4.79 Å². The molecular weight excluding hydrogens is 148 g/mol. The van der Waals surface area contributed by atoms with Crippen LogP contribution in [0.25, 0.3) is 0 Å². The molecular formula is C7H14O4. The highest BCUT2D eigenvalue weighted by Crippen LogP contribution is 2.04. The lowest BCUT2D eigenvalue weighted by molar-refractivity contribution is 0.0236. The fourth-order valence-electron chi connectivity index (χ4n) is 0.784. The van der Waals surface area contributed by atoms with E-state index in [2.05, 4.69) is 4.74 Å². The number of hydrogen-bond donors (Lipinski definition) is 1. The average molecular weight is 162 g/mol. The fraction of sp³-hybridized carbons (Fsp3) is 0.857. The molecule has 0 aliphatic carbocycles. The highest BCUT2D eigenvalue weighted by atomic mass is 16.7. The molecule has 11 heavy (non-hydrogen) atoms. The Morgan fingerprint density at radius 1 is 1.45 bits per heavy atom. The van der Waals surface area contributed by atoms with Crippen molar-refractivity contribution in [3.05, 3.63) is 0 Å². The van der Waals surface area contributed by atoms with Gasteiger partial charge in [-0.05, 0) is 13.8 Å². The maximum absolute atomic E-state index is 10.0. The van der Waals surface area contributed by atoms with Crippen LogP contribution >= 0.6 is 0 Å². The molecule has 0 saturated heterocycles. The summed E-state index contributed by atoms with van der Waals surface area (Å²) in [5, 5.41) is 8.21. The summed E-state index contributed by atoms with van der Waals surface area (Å²) >= 11 is 0. The molecule has 0 saturated carbocycles. The lowest BCUT2D eigenvalue weighted by Gasteiger charge is -2.14. The SMILES string of the molecule is COC(C)CC(C)OC(=O)O. The van der Waals surface area contributed by atoms with E-state index >= 15 is 0 Å². The lowest BCUT2D eigenvalue weighted by Crippen LogP contribution is -2.19. The Bertz CT molecular complexity index is 124. The first-order chi connectivity index (χ1) is 5.06. The zero-order valence-electron chi connectivity index (χ0n) is 7.03. The summed E-state index contributed by atoms with van der Waals surface area (Å²) in [5.74, 6) is 0. The summed E-state index contributed by atoms with van der Waals surface area (Å²) in [6, 6.07) is 0. The van der Waals surface area contributed by atoms with Crippen LogP contribution in [0.5, 0.6) is 0 Å². The van der Waals surface area contributed by atoms with Crippen LogP contribution in [0.2, 0.25) is 0 Å². The van der Waals surface area contributed by atoms with E-state index in [9.17, 15) is 4.79 Å². The molecule has 0 heterocycles. The van der Waals surface area contributed by atoms with Crippen molar-refractivity contribution >= 4 is 6.16 Å². The monoisotopic (exact) mass is 162 g/mol. The molecule has 0 spiro atoms. The molecule has 1 N–H and O–H groups in total. The van der Waals surface area contributed by atoms with Crippen molar-refractivity contribution in [1.82, 2.24) is 0 Å². The van der Waals surface area contributed by atoms with Crippen LogP contribution in [-0.4, -0.2) is 30.6 Å². The number of methoxy groups -OCH3 is 1. The van der Waals surface area contributed by atoms with Gasteiger partial charge in [-0.2, -0.15) is 0 Å². The van der Waals surface area contributed by atoms with Gasteiger partial charge in [-0.15, -0.1) is 0 Å². The van der Waals surface area contributed by atoms with Crippen molar-refractivity contribution in [2.24, 2.45) is 0 Å². The number of carbonyl (C=O) groups is 1. The molecule has 0 aromatic rings. The summed E-state index contributed by atoms with van der Waals surface area (Å²) in [7, 11) is 1.58. The van der Waals surface area contributed by atoms with Crippen LogP contribution in [-0.2, 0) is 9.47 Å². The predicted octanol–water partition coefficient (Wildman–Crippen LogP) is 1.49. The molecule has 0 amide bonds. The van der Waals surface area contributed by atoms with Crippen molar-refractivity contribution in [2.75, 3.05) is 7.11 Å². The van der Waals surface area contributed by atoms with Crippen molar-refractivity contribution in [1.29, 1.82) is 0 Å². The Morgan fingerprint density at radius 2 is 2.00 bits per heavy atom. The second-order valence-corrected chi connectivity index (χ2v) is 2.48. The molecule has 66 valence electrons. The molecule has 0 rings (SSSR count). The topological polar surface area (TPSA) is 55.8 Å². The Morgan fingerprint density at radius 3 is 2.36 bits per heavy atom. The van der Waals surface area contributed by atoms with Crippen molar-refractivity contribution in [3.8, 4) is 0 Å². The van der Waals surface area contributed by atoms with E-state index in [0.717, 1.165) is 0 Å². The second kappa shape index (κ2) is 4.96. The van der Waals surface area contributed by atoms with Gasteiger partial charge >= 0.3 is 6.16 Å². The molecule has 2 atom stereocenters. The third kappa shape index (κ3) is 5.66. The Kier molecular flexibility index (Phi) is 4.61. The first-order valence-electron chi connectivity index (χ1n) is 3.48. The van der Waals surface area contributed by atoms with E-state index in [1.165, 1.54) is 0 Å². The van der Waals surface area contributed by atoms with Crippen LogP contribution in [0.4, 0.5) is 4.79 Å². The number of ether oxygens (including phenoxy) is 2. The zero-order valence-corrected chi connectivity index (χ0v) is 7.03. The Hall–Kier alpha value is -0.770. The third-order valence-corrected chi connectivity index (χ3v) is 1.37. The molecule has 0 aliphatic rings. The average Bonchev–Trinajstić information content (AvgIpc) is 1.85. The van der Waals surface area contributed by atoms with Gasteiger partial charge in [0.1, 0.15) is 6.10 Å². The van der Waals surface area contributed by atoms with Crippen molar-refractivity contribution in [2.45, 2.75) is 32.5 Å². The zero-order chi connectivity index (χ0) is 8.85. The smallest absolute Gasteiger partial charge is 0.450 e. The van der Waals surface area contributed by atoms with Gasteiger partial charge in [0.25, 0.3) is 0 Å². The van der Waals surface area contributed by atoms with Crippen LogP contribution < -0.4 is 0 Å². The molecule has 0 aromatic carbocycles. The number of rotatable bonds is 4. The summed E-state index contributed by atoms with van der Waals surface area (Å²) in [5.41, 5.74) is 0. The minimum Gasteiger partial charge on any atom is -0.450 e. The van der Waals surface area contributed by atoms with Crippen molar-refractivity contribution < 1.29 is 19.4 Å². The summed E-state index contributed by atoms with van der Waals surface area (Å²) in [6.07, 6.45) is -0.921. The maximum atomic E-state index is 10.0. The molecule has 0 bridgehead atoms. The Labute approximate surface area is 66.1 Å². The fourth-order valence-corrected chi connectivity index (χ4v) is 0.784. The maximum Gasteiger partial charge on any atom is 0.506 e. The minimum atomic E-state index is -1.24. The standard InChI is InChI=1S/C7H14O4/c1-5(10-3)4-6(2)11-7(8)9/h5-6H,4H2,1-3H3,(H,8,9). The molecule has 4 heteroatoms. The molecule has 0 fully saturated rings. The van der Waals surface area contributed by atoms with Crippen LogP contribution in [0, 0.1) is 0 Å². The summed E-state index contributed by atoms with van der Waals surface area (Å²) in [4.78, 5) is 10.0. The first kappa shape index (κ1) is 10.2. The van der Waals surface area contributed by atoms with Crippen LogP contribution in [0.1, 0.15) is 20.3 Å². The second-order valence-electron chi connectivity index (χ2n) is 2.48. The largest absolute Gasteiger partial charge is 0.506 e. The van der Waals surface area contributed by atoms with Gasteiger partial charge in [0.2, 0.25) is 0 Å². The molecule has 4 nitrogen and oxygen atoms in total. The van der Waals surface area contributed by atoms with Crippen LogP contribution in [0.3, 0.4) is 0 Å². The Balaban J connectivity index is 3.51. The highest BCUT2D eigenvalue weighted by Gasteiger charge is 2.11. The van der Waals surface area contributed by atoms with E-state index in [1.54, 1.807) is 14.0 Å². The molecule has 0 radical (unpaired) electrons.